The van der Waals surface area contributed by atoms with Gasteiger partial charge in [-0.25, -0.2) is 19.9 Å². The van der Waals surface area contributed by atoms with Crippen LogP contribution in [0.5, 0.6) is 0 Å². The lowest BCUT2D eigenvalue weighted by Gasteiger charge is -2.27. The van der Waals surface area contributed by atoms with Crippen LogP contribution in [0, 0.1) is 11.8 Å². The maximum Gasteiger partial charge on any atom is 0.390 e. The maximum atomic E-state index is 12.8. The summed E-state index contributed by atoms with van der Waals surface area (Å²) in [6.07, 6.45) is 5.33. The SMILES string of the molecule is CN(C)c1cc2c(cc1Nc1ncnc3sc4c(c13)CC[C@H](C(=O)O)C4)C=NC2.CN(CCC(F)(F)F)C(=O)[C@H]1CCc2c(sc3ncnc(Nc4cc5c(cc4N(C)C)CN=C5)c23)C1. The number of anilines is 6. The average Bonchev–Trinajstić information content (AvgIpc) is 4.09. The number of aliphatic carboxylic acids is 1. The van der Waals surface area contributed by atoms with Gasteiger partial charge in [0.15, 0.2) is 0 Å². The topological polar surface area (TPSA) is 164 Å². The molecule has 1 amide bonds. The fraction of sp³-hybridized carbons (Fsp3) is 0.391. The number of nitrogens with one attached hydrogen (secondary N) is 2. The zero-order valence-electron chi connectivity index (χ0n) is 36.6. The number of rotatable bonds is 10. The van der Waals surface area contributed by atoms with Gasteiger partial charge in [0, 0.05) is 69.9 Å². The third kappa shape index (κ3) is 8.95. The molecule has 4 aliphatic rings. The van der Waals surface area contributed by atoms with Crippen molar-refractivity contribution in [3.8, 4) is 0 Å². The number of nitrogens with zero attached hydrogens (tertiary/aromatic N) is 9. The van der Waals surface area contributed by atoms with Crippen molar-refractivity contribution >= 4 is 102 Å². The molecular formula is C46H48F3N11O3S2. The van der Waals surface area contributed by atoms with E-state index >= 15 is 0 Å². The van der Waals surface area contributed by atoms with Crippen LogP contribution in [0.1, 0.15) is 62.4 Å². The summed E-state index contributed by atoms with van der Waals surface area (Å²) in [7, 11) is 9.49. The lowest BCUT2D eigenvalue weighted by Crippen LogP contribution is -2.37. The van der Waals surface area contributed by atoms with E-state index in [0.29, 0.717) is 44.5 Å². The van der Waals surface area contributed by atoms with Crippen LogP contribution in [0.25, 0.3) is 20.4 Å². The van der Waals surface area contributed by atoms with Crippen LogP contribution in [0.2, 0.25) is 0 Å². The van der Waals surface area contributed by atoms with Crippen LogP contribution in [-0.4, -0.2) is 102 Å². The molecule has 2 aliphatic heterocycles. The van der Waals surface area contributed by atoms with E-state index in [1.54, 1.807) is 17.7 Å². The molecule has 0 saturated carbocycles. The molecule has 19 heteroatoms. The summed E-state index contributed by atoms with van der Waals surface area (Å²) in [5, 5.41) is 18.4. The van der Waals surface area contributed by atoms with Gasteiger partial charge in [-0.2, -0.15) is 13.2 Å². The molecule has 0 bridgehead atoms. The third-order valence-electron chi connectivity index (χ3n) is 12.5. The number of carboxylic acid groups (broad SMARTS) is 1. The molecule has 338 valence electrons. The largest absolute Gasteiger partial charge is 0.481 e. The molecule has 0 fully saturated rings. The maximum absolute atomic E-state index is 12.8. The number of carbonyl (C=O) groups is 2. The van der Waals surface area contributed by atoms with Gasteiger partial charge < -0.3 is 30.4 Å². The van der Waals surface area contributed by atoms with E-state index in [1.807, 2.05) is 45.5 Å². The smallest absolute Gasteiger partial charge is 0.390 e. The Hall–Kier alpha value is -6.21. The van der Waals surface area contributed by atoms with E-state index < -0.39 is 18.6 Å². The zero-order valence-corrected chi connectivity index (χ0v) is 38.2. The van der Waals surface area contributed by atoms with Gasteiger partial charge in [-0.05, 0) is 96.2 Å². The lowest BCUT2D eigenvalue weighted by atomic mass is 9.87. The summed E-state index contributed by atoms with van der Waals surface area (Å²) in [5.41, 5.74) is 10.9. The molecule has 2 aromatic carbocycles. The number of hydrogen-bond acceptors (Lipinski definition) is 14. The Morgan fingerprint density at radius 2 is 1.20 bits per heavy atom. The predicted molar refractivity (Wildman–Crippen MR) is 253 cm³/mol. The molecule has 14 nitrogen and oxygen atoms in total. The van der Waals surface area contributed by atoms with Crippen LogP contribution in [-0.2, 0) is 48.4 Å². The Kier molecular flexibility index (Phi) is 11.9. The lowest BCUT2D eigenvalue weighted by molar-refractivity contribution is -0.146. The minimum Gasteiger partial charge on any atom is -0.481 e. The number of aliphatic imine (C=N–C) groups is 2. The van der Waals surface area contributed by atoms with Gasteiger partial charge in [-0.1, -0.05) is 0 Å². The van der Waals surface area contributed by atoms with Crippen molar-refractivity contribution in [1.29, 1.82) is 0 Å². The fourth-order valence-corrected chi connectivity index (χ4v) is 11.6. The zero-order chi connectivity index (χ0) is 45.7. The van der Waals surface area contributed by atoms with Gasteiger partial charge in [0.25, 0.3) is 0 Å². The first kappa shape index (κ1) is 44.0. The van der Waals surface area contributed by atoms with E-state index in [-0.39, 0.29) is 24.3 Å². The molecule has 2 atom stereocenters. The number of aromatic nitrogens is 4. The van der Waals surface area contributed by atoms with E-state index in [0.717, 1.165) is 88.4 Å². The number of alkyl halides is 3. The van der Waals surface area contributed by atoms with E-state index in [1.165, 1.54) is 46.3 Å². The highest BCUT2D eigenvalue weighted by molar-refractivity contribution is 7.19. The third-order valence-corrected chi connectivity index (χ3v) is 14.8. The number of amides is 1. The van der Waals surface area contributed by atoms with Crippen molar-refractivity contribution in [2.45, 2.75) is 64.2 Å². The molecule has 65 heavy (non-hydrogen) atoms. The van der Waals surface area contributed by atoms with Gasteiger partial charge in [0.05, 0.1) is 59.0 Å². The monoisotopic (exact) mass is 923 g/mol. The molecule has 0 unspecified atom stereocenters. The molecule has 2 aliphatic carbocycles. The molecular weight excluding hydrogens is 876 g/mol. The molecule has 6 heterocycles. The molecule has 0 radical (unpaired) electrons. The highest BCUT2D eigenvalue weighted by atomic mass is 32.1. The minimum absolute atomic E-state index is 0.234. The molecule has 3 N–H and O–H groups in total. The number of aryl methyl sites for hydroxylation is 2. The number of carbonyl (C=O) groups excluding carboxylic acids is 1. The number of halogens is 3. The fourth-order valence-electron chi connectivity index (χ4n) is 9.04. The first-order valence-electron chi connectivity index (χ1n) is 21.4. The van der Waals surface area contributed by atoms with Crippen LogP contribution >= 0.6 is 22.7 Å². The van der Waals surface area contributed by atoms with Crippen molar-refractivity contribution in [3.05, 3.63) is 80.1 Å². The van der Waals surface area contributed by atoms with Gasteiger partial charge in [0.1, 0.15) is 34.0 Å². The summed E-state index contributed by atoms with van der Waals surface area (Å²) in [5.74, 6) is -0.0993. The second-order valence-corrected chi connectivity index (χ2v) is 19.4. The van der Waals surface area contributed by atoms with Crippen molar-refractivity contribution in [2.24, 2.45) is 21.8 Å². The number of fused-ring (bicyclic) bond motifs is 8. The highest BCUT2D eigenvalue weighted by Gasteiger charge is 2.34. The normalized spacial score (nSPS) is 16.9. The molecule has 10 rings (SSSR count). The van der Waals surface area contributed by atoms with Gasteiger partial charge in [0.2, 0.25) is 5.91 Å². The van der Waals surface area contributed by atoms with E-state index in [4.69, 9.17) is 0 Å². The number of hydrogen-bond donors (Lipinski definition) is 3. The Balaban J connectivity index is 0.000000168. The Bertz CT molecular complexity index is 2910. The van der Waals surface area contributed by atoms with E-state index in [2.05, 4.69) is 69.7 Å². The molecule has 0 saturated heterocycles. The summed E-state index contributed by atoms with van der Waals surface area (Å²) >= 11 is 3.12. The molecule has 4 aromatic heterocycles. The van der Waals surface area contributed by atoms with Crippen LogP contribution in [0.15, 0.2) is 46.9 Å². The summed E-state index contributed by atoms with van der Waals surface area (Å²) < 4.78 is 37.8. The Morgan fingerprint density at radius 1 is 0.723 bits per heavy atom. The number of benzene rings is 2. The Morgan fingerprint density at radius 3 is 1.66 bits per heavy atom. The second kappa shape index (κ2) is 17.6. The summed E-state index contributed by atoms with van der Waals surface area (Å²) in [6, 6.07) is 8.51. The predicted octanol–water partition coefficient (Wildman–Crippen LogP) is 8.57. The van der Waals surface area contributed by atoms with Crippen LogP contribution < -0.4 is 20.4 Å². The van der Waals surface area contributed by atoms with Crippen LogP contribution in [0.3, 0.4) is 0 Å². The first-order valence-corrected chi connectivity index (χ1v) is 23.0. The second-order valence-electron chi connectivity index (χ2n) is 17.3. The van der Waals surface area contributed by atoms with Crippen molar-refractivity contribution in [1.82, 2.24) is 24.8 Å². The number of carboxylic acids is 1. The highest BCUT2D eigenvalue weighted by Crippen LogP contribution is 2.44. The Labute approximate surface area is 381 Å². The average molecular weight is 924 g/mol. The number of thiophene rings is 2. The summed E-state index contributed by atoms with van der Waals surface area (Å²) in [6.45, 7) is 1.08. The molecule has 6 aromatic rings. The van der Waals surface area contributed by atoms with Crippen LogP contribution in [0.4, 0.5) is 47.6 Å². The quantitative estimate of drug-likeness (QED) is 0.121. The van der Waals surface area contributed by atoms with Gasteiger partial charge in [-0.3, -0.25) is 19.6 Å². The van der Waals surface area contributed by atoms with Gasteiger partial charge >= 0.3 is 12.1 Å². The van der Waals surface area contributed by atoms with E-state index in [9.17, 15) is 27.9 Å². The minimum atomic E-state index is -4.28. The first-order chi connectivity index (χ1) is 31.1. The summed E-state index contributed by atoms with van der Waals surface area (Å²) in [4.78, 5) is 60.3. The standard InChI is InChI=1S/C25H27F3N6OS.C21H21N5O2S/c1-33(2)19-9-16-12-29-11-15(16)8-18(19)32-22-21-17-5-4-14(10-20(17)36-23(21)31-13-30-22)24(35)34(3)7-6-25(26,27)28;1-26(2)16-6-13-9-22-8-12(13)5-15(16)25-19-18-14-4-3-11(21(27)28)7-17(14)29-20(18)24-10-23-19/h8-9,11,13-14H,4-7,10,12H2,1-3H3,(H,30,31,32);5-6,8,10-11H,3-4,7,9H2,1-2H3,(H,27,28)(H,23,24,25)/t14-;11-/m00/s1. The molecule has 0 spiro atoms. The van der Waals surface area contributed by atoms with Crippen molar-refractivity contribution in [2.75, 3.05) is 62.2 Å². The van der Waals surface area contributed by atoms with Gasteiger partial charge in [-0.15, -0.1) is 22.7 Å². The van der Waals surface area contributed by atoms with Crippen molar-refractivity contribution < 1.29 is 27.9 Å². The van der Waals surface area contributed by atoms with Crippen molar-refractivity contribution in [3.63, 3.8) is 0 Å².